The van der Waals surface area contributed by atoms with Gasteiger partial charge in [0.2, 0.25) is 11.1 Å². The first-order chi connectivity index (χ1) is 13.1. The van der Waals surface area contributed by atoms with Gasteiger partial charge in [-0.3, -0.25) is 9.36 Å². The number of rotatable bonds is 6. The maximum absolute atomic E-state index is 14.2. The van der Waals surface area contributed by atoms with E-state index in [1.165, 1.54) is 32.0 Å². The predicted molar refractivity (Wildman–Crippen MR) is 106 cm³/mol. The molecule has 0 aliphatic carbocycles. The van der Waals surface area contributed by atoms with Gasteiger partial charge in [-0.25, -0.2) is 4.98 Å². The highest BCUT2D eigenvalue weighted by Crippen LogP contribution is 2.50. The summed E-state index contributed by atoms with van der Waals surface area (Å²) in [5.74, 6) is 0. The molecule has 0 amide bonds. The summed E-state index contributed by atoms with van der Waals surface area (Å²) in [6, 6.07) is 5.33. The van der Waals surface area contributed by atoms with Crippen molar-refractivity contribution in [2.45, 2.75) is 18.7 Å². The molecule has 0 atom stereocenters. The van der Waals surface area contributed by atoms with Gasteiger partial charge in [0, 0.05) is 5.02 Å². The molecule has 3 aromatic rings. The minimum absolute atomic E-state index is 0.0649. The minimum Gasteiger partial charge on any atom is -0.437 e. The molecule has 11 heteroatoms. The van der Waals surface area contributed by atoms with E-state index in [-0.39, 0.29) is 35.3 Å². The standard InChI is InChI=1S/C17H14BrClF2NO5P/c1-3-25-28(24,26-4-2)13-8-11-14(23)10-7-9(19)5-6-12(10)27-16(11)22-15(13)17(18,20)21/h5-8H,3-4H2,1-2H3. The molecule has 2 aromatic heterocycles. The van der Waals surface area contributed by atoms with Gasteiger partial charge in [0.25, 0.3) is 0 Å². The van der Waals surface area contributed by atoms with Crippen LogP contribution in [-0.4, -0.2) is 18.2 Å². The molecule has 1 aromatic carbocycles. The van der Waals surface area contributed by atoms with Crippen LogP contribution >= 0.6 is 35.1 Å². The first-order valence-electron chi connectivity index (χ1n) is 8.14. The quantitative estimate of drug-likeness (QED) is 0.261. The summed E-state index contributed by atoms with van der Waals surface area (Å²) < 4.78 is 57.4. The van der Waals surface area contributed by atoms with Crippen LogP contribution in [0.3, 0.4) is 0 Å². The fourth-order valence-electron chi connectivity index (χ4n) is 2.68. The molecule has 0 unspecified atom stereocenters. The maximum atomic E-state index is 14.2. The highest BCUT2D eigenvalue weighted by molar-refractivity contribution is 9.09. The zero-order valence-electron chi connectivity index (χ0n) is 14.7. The second kappa shape index (κ2) is 7.80. The van der Waals surface area contributed by atoms with Crippen molar-refractivity contribution >= 4 is 62.5 Å². The molecule has 28 heavy (non-hydrogen) atoms. The van der Waals surface area contributed by atoms with Gasteiger partial charge in [-0.2, -0.15) is 8.78 Å². The van der Waals surface area contributed by atoms with Gasteiger partial charge in [-0.1, -0.05) is 11.6 Å². The lowest BCUT2D eigenvalue weighted by Crippen LogP contribution is -2.24. The van der Waals surface area contributed by atoms with Crippen molar-refractivity contribution in [3.63, 3.8) is 0 Å². The summed E-state index contributed by atoms with van der Waals surface area (Å²) in [5.41, 5.74) is -1.68. The van der Waals surface area contributed by atoms with E-state index in [1.54, 1.807) is 0 Å². The smallest absolute Gasteiger partial charge is 0.363 e. The number of hydrogen-bond acceptors (Lipinski definition) is 6. The first-order valence-corrected chi connectivity index (χ1v) is 10.9. The minimum atomic E-state index is -4.18. The predicted octanol–water partition coefficient (Wildman–Crippen LogP) is 5.33. The summed E-state index contributed by atoms with van der Waals surface area (Å²) in [6.07, 6.45) is 0. The molecule has 0 bridgehead atoms. The molecule has 0 N–H and O–H groups in total. The Morgan fingerprint density at radius 1 is 1.21 bits per heavy atom. The Bertz CT molecular complexity index is 1150. The van der Waals surface area contributed by atoms with Gasteiger partial charge in [0.1, 0.15) is 11.3 Å². The molecule has 0 spiro atoms. The number of benzene rings is 1. The van der Waals surface area contributed by atoms with Crippen LogP contribution in [0.5, 0.6) is 0 Å². The largest absolute Gasteiger partial charge is 0.437 e. The fourth-order valence-corrected chi connectivity index (χ4v) is 5.07. The van der Waals surface area contributed by atoms with E-state index in [1.807, 2.05) is 0 Å². The van der Waals surface area contributed by atoms with Crippen LogP contribution in [0.1, 0.15) is 19.5 Å². The van der Waals surface area contributed by atoms with Crippen LogP contribution in [0, 0.1) is 0 Å². The van der Waals surface area contributed by atoms with Crippen LogP contribution in [0.4, 0.5) is 8.78 Å². The van der Waals surface area contributed by atoms with Gasteiger partial charge in [0.15, 0.2) is 0 Å². The fraction of sp³-hybridized carbons (Fsp3) is 0.294. The van der Waals surface area contributed by atoms with Gasteiger partial charge in [-0.05, 0) is 54.0 Å². The lowest BCUT2D eigenvalue weighted by Gasteiger charge is -2.21. The second-order valence-electron chi connectivity index (χ2n) is 5.61. The van der Waals surface area contributed by atoms with Crippen molar-refractivity contribution in [3.05, 3.63) is 45.2 Å². The third-order valence-corrected chi connectivity index (χ3v) is 6.50. The molecular weight excluding hydrogens is 483 g/mol. The van der Waals surface area contributed by atoms with Gasteiger partial charge < -0.3 is 13.5 Å². The molecule has 6 nitrogen and oxygen atoms in total. The van der Waals surface area contributed by atoms with Crippen molar-refractivity contribution in [3.8, 4) is 0 Å². The molecule has 0 aliphatic rings. The maximum Gasteiger partial charge on any atom is 0.363 e. The monoisotopic (exact) mass is 495 g/mol. The molecule has 0 aliphatic heterocycles. The van der Waals surface area contributed by atoms with Crippen molar-refractivity contribution < 1.29 is 26.8 Å². The van der Waals surface area contributed by atoms with E-state index in [0.29, 0.717) is 5.02 Å². The van der Waals surface area contributed by atoms with Gasteiger partial charge in [-0.15, -0.1) is 0 Å². The number of fused-ring (bicyclic) bond motifs is 2. The number of hydrogen-bond donors (Lipinski definition) is 0. The normalized spacial score (nSPS) is 12.8. The van der Waals surface area contributed by atoms with E-state index < -0.39 is 28.9 Å². The molecule has 0 radical (unpaired) electrons. The highest BCUT2D eigenvalue weighted by Gasteiger charge is 2.41. The van der Waals surface area contributed by atoms with Crippen molar-refractivity contribution in [2.24, 2.45) is 0 Å². The zero-order valence-corrected chi connectivity index (χ0v) is 17.9. The molecular formula is C17H14BrClF2NO5P. The van der Waals surface area contributed by atoms with E-state index in [0.717, 1.165) is 6.07 Å². The van der Waals surface area contributed by atoms with Crippen molar-refractivity contribution in [2.75, 3.05) is 13.2 Å². The van der Waals surface area contributed by atoms with E-state index >= 15 is 0 Å². The third-order valence-electron chi connectivity index (χ3n) is 3.77. The Labute approximate surface area is 171 Å². The van der Waals surface area contributed by atoms with E-state index in [4.69, 9.17) is 25.1 Å². The highest BCUT2D eigenvalue weighted by atomic mass is 79.9. The summed E-state index contributed by atoms with van der Waals surface area (Å²) in [4.78, 5) is 13.0. The van der Waals surface area contributed by atoms with Gasteiger partial charge in [0.05, 0.1) is 29.3 Å². The topological polar surface area (TPSA) is 78.6 Å². The summed E-state index contributed by atoms with van der Waals surface area (Å²) in [6.45, 7) is 2.95. The van der Waals surface area contributed by atoms with Crippen molar-refractivity contribution in [1.29, 1.82) is 0 Å². The summed E-state index contributed by atoms with van der Waals surface area (Å²) >= 11 is 8.16. The Morgan fingerprint density at radius 3 is 2.43 bits per heavy atom. The Kier molecular flexibility index (Phi) is 5.94. The number of halogens is 4. The average molecular weight is 497 g/mol. The lowest BCUT2D eigenvalue weighted by molar-refractivity contribution is 0.110. The Hall–Kier alpha value is -1.38. The SMILES string of the molecule is CCOP(=O)(OCC)c1cc2c(=O)c3cc(Cl)ccc3oc2nc1C(F)(F)Br. The number of pyridine rings is 1. The molecule has 150 valence electrons. The molecule has 0 saturated carbocycles. The summed E-state index contributed by atoms with van der Waals surface area (Å²) in [5, 5.41) is -0.233. The third kappa shape index (κ3) is 3.86. The Balaban J connectivity index is 2.45. The van der Waals surface area contributed by atoms with Gasteiger partial charge >= 0.3 is 12.4 Å². The molecule has 2 heterocycles. The molecule has 0 saturated heterocycles. The van der Waals surface area contributed by atoms with Crippen molar-refractivity contribution in [1.82, 2.24) is 4.98 Å². The first kappa shape index (κ1) is 21.3. The van der Waals surface area contributed by atoms with Crippen LogP contribution in [0.25, 0.3) is 22.1 Å². The van der Waals surface area contributed by atoms with Crippen LogP contribution in [0.2, 0.25) is 5.02 Å². The number of nitrogens with zero attached hydrogens (tertiary/aromatic N) is 1. The van der Waals surface area contributed by atoms with E-state index in [9.17, 15) is 18.1 Å². The number of aromatic nitrogens is 1. The summed E-state index contributed by atoms with van der Waals surface area (Å²) in [7, 11) is -4.18. The van der Waals surface area contributed by atoms with E-state index in [2.05, 4.69) is 20.9 Å². The molecule has 3 rings (SSSR count). The number of alkyl halides is 3. The van der Waals surface area contributed by atoms with Crippen LogP contribution < -0.4 is 10.7 Å². The van der Waals surface area contributed by atoms with Crippen LogP contribution in [-0.2, 0) is 18.4 Å². The second-order valence-corrected chi connectivity index (χ2v) is 9.04. The average Bonchev–Trinajstić information content (AvgIpc) is 2.61. The lowest BCUT2D eigenvalue weighted by atomic mass is 10.2. The molecule has 0 fully saturated rings. The Morgan fingerprint density at radius 2 is 1.86 bits per heavy atom. The zero-order chi connectivity index (χ0) is 20.7. The van der Waals surface area contributed by atoms with Crippen LogP contribution in [0.15, 0.2) is 33.5 Å².